The van der Waals surface area contributed by atoms with E-state index >= 15 is 0 Å². The van der Waals surface area contributed by atoms with Crippen molar-refractivity contribution in [3.63, 3.8) is 0 Å². The normalized spacial score (nSPS) is 11.0. The summed E-state index contributed by atoms with van der Waals surface area (Å²) in [6.07, 6.45) is 3.60. The number of hydrogen-bond donors (Lipinski definition) is 1. The summed E-state index contributed by atoms with van der Waals surface area (Å²) in [7, 11) is 3.96. The third-order valence-electron chi connectivity index (χ3n) is 3.16. The van der Waals surface area contributed by atoms with Crippen LogP contribution in [0, 0.1) is 0 Å². The van der Waals surface area contributed by atoms with Gasteiger partial charge in [0.05, 0.1) is 11.4 Å². The molecule has 0 aromatic carbocycles. The van der Waals surface area contributed by atoms with Crippen LogP contribution in [-0.2, 0) is 13.6 Å². The van der Waals surface area contributed by atoms with Crippen LogP contribution < -0.4 is 10.6 Å². The van der Waals surface area contributed by atoms with E-state index in [9.17, 15) is 0 Å². The molecule has 0 aliphatic carbocycles. The summed E-state index contributed by atoms with van der Waals surface area (Å²) in [4.78, 5) is 6.14. The van der Waals surface area contributed by atoms with Crippen LogP contribution in [-0.4, -0.2) is 21.8 Å². The Morgan fingerprint density at radius 1 is 1.32 bits per heavy atom. The van der Waals surface area contributed by atoms with Crippen LogP contribution >= 0.6 is 0 Å². The maximum absolute atomic E-state index is 6.22. The highest BCUT2D eigenvalue weighted by Gasteiger charge is 2.18. The van der Waals surface area contributed by atoms with Crippen LogP contribution in [0.3, 0.4) is 0 Å². The molecule has 2 heterocycles. The minimum Gasteiger partial charge on any atom is -0.394 e. The average Bonchev–Trinajstić information content (AvgIpc) is 2.66. The highest BCUT2D eigenvalue weighted by atomic mass is 15.4. The number of nitrogen functional groups attached to an aromatic ring is 1. The monoisotopic (exact) mass is 259 g/mol. The molecule has 2 N–H and O–H groups in total. The molecular formula is C14H21N5. The first-order chi connectivity index (χ1) is 9.00. The summed E-state index contributed by atoms with van der Waals surface area (Å²) >= 11 is 0. The molecule has 102 valence electrons. The van der Waals surface area contributed by atoms with E-state index in [2.05, 4.69) is 28.8 Å². The largest absolute Gasteiger partial charge is 0.394 e. The van der Waals surface area contributed by atoms with Gasteiger partial charge in [-0.3, -0.25) is 9.67 Å². The Morgan fingerprint density at radius 2 is 1.95 bits per heavy atom. The Bertz CT molecular complexity index is 544. The SMILES string of the molecule is CC(C)c1nn(C)c(N(C)Cc2ccncc2)c1N. The average molecular weight is 259 g/mol. The van der Waals surface area contributed by atoms with E-state index in [1.807, 2.05) is 30.9 Å². The zero-order valence-corrected chi connectivity index (χ0v) is 12.0. The molecule has 0 aliphatic heterocycles. The zero-order chi connectivity index (χ0) is 14.0. The van der Waals surface area contributed by atoms with Gasteiger partial charge in [0.2, 0.25) is 0 Å². The summed E-state index contributed by atoms with van der Waals surface area (Å²) in [5.41, 5.74) is 9.15. The Balaban J connectivity index is 2.27. The maximum Gasteiger partial charge on any atom is 0.150 e. The van der Waals surface area contributed by atoms with Crippen molar-refractivity contribution in [3.8, 4) is 0 Å². The van der Waals surface area contributed by atoms with Gasteiger partial charge in [0.25, 0.3) is 0 Å². The Kier molecular flexibility index (Phi) is 3.74. The molecule has 0 amide bonds. The highest BCUT2D eigenvalue weighted by Crippen LogP contribution is 2.30. The van der Waals surface area contributed by atoms with Gasteiger partial charge in [-0.1, -0.05) is 13.8 Å². The van der Waals surface area contributed by atoms with E-state index in [0.717, 1.165) is 23.7 Å². The van der Waals surface area contributed by atoms with Gasteiger partial charge in [0.1, 0.15) is 5.82 Å². The lowest BCUT2D eigenvalue weighted by atomic mass is 10.1. The van der Waals surface area contributed by atoms with Crippen LogP contribution in [0.5, 0.6) is 0 Å². The van der Waals surface area contributed by atoms with Gasteiger partial charge in [0, 0.05) is 33.0 Å². The Morgan fingerprint density at radius 3 is 2.47 bits per heavy atom. The first-order valence-corrected chi connectivity index (χ1v) is 6.43. The van der Waals surface area contributed by atoms with Gasteiger partial charge < -0.3 is 10.6 Å². The fraction of sp³-hybridized carbons (Fsp3) is 0.429. The number of aromatic nitrogens is 3. The van der Waals surface area contributed by atoms with Crippen molar-refractivity contribution < 1.29 is 0 Å². The van der Waals surface area contributed by atoms with E-state index in [-0.39, 0.29) is 0 Å². The minimum absolute atomic E-state index is 0.328. The number of hydrogen-bond acceptors (Lipinski definition) is 4. The van der Waals surface area contributed by atoms with Gasteiger partial charge in [-0.25, -0.2) is 0 Å². The molecule has 0 saturated carbocycles. The lowest BCUT2D eigenvalue weighted by molar-refractivity contribution is 0.698. The van der Waals surface area contributed by atoms with Crippen molar-refractivity contribution in [1.82, 2.24) is 14.8 Å². The summed E-state index contributed by atoms with van der Waals surface area (Å²) in [5.74, 6) is 1.29. The quantitative estimate of drug-likeness (QED) is 0.914. The van der Waals surface area contributed by atoms with Gasteiger partial charge in [-0.15, -0.1) is 0 Å². The number of pyridine rings is 1. The van der Waals surface area contributed by atoms with Crippen molar-refractivity contribution in [2.24, 2.45) is 7.05 Å². The second-order valence-corrected chi connectivity index (χ2v) is 5.11. The van der Waals surface area contributed by atoms with E-state index in [0.29, 0.717) is 5.92 Å². The zero-order valence-electron chi connectivity index (χ0n) is 12.0. The summed E-state index contributed by atoms with van der Waals surface area (Å²) in [5, 5.41) is 4.51. The standard InChI is InChI=1S/C14H21N5/c1-10(2)13-12(15)14(19(4)17-13)18(3)9-11-5-7-16-8-6-11/h5-8,10H,9,15H2,1-4H3. The van der Waals surface area contributed by atoms with Crippen LogP contribution in [0.25, 0.3) is 0 Å². The molecule has 0 radical (unpaired) electrons. The fourth-order valence-electron chi connectivity index (χ4n) is 2.27. The van der Waals surface area contributed by atoms with Crippen LogP contribution in [0.4, 0.5) is 11.5 Å². The van der Waals surface area contributed by atoms with E-state index in [1.54, 1.807) is 12.4 Å². The maximum atomic E-state index is 6.22. The third-order valence-corrected chi connectivity index (χ3v) is 3.16. The molecule has 2 aromatic rings. The molecule has 0 unspecified atom stereocenters. The second-order valence-electron chi connectivity index (χ2n) is 5.11. The smallest absolute Gasteiger partial charge is 0.150 e. The Hall–Kier alpha value is -2.04. The molecule has 0 fully saturated rings. The third kappa shape index (κ3) is 2.70. The van der Waals surface area contributed by atoms with E-state index in [4.69, 9.17) is 5.73 Å². The molecule has 2 aromatic heterocycles. The van der Waals surface area contributed by atoms with Crippen molar-refractivity contribution in [2.45, 2.75) is 26.3 Å². The van der Waals surface area contributed by atoms with Crippen LogP contribution in [0.1, 0.15) is 31.0 Å². The van der Waals surface area contributed by atoms with Crippen LogP contribution in [0.2, 0.25) is 0 Å². The van der Waals surface area contributed by atoms with Gasteiger partial charge >= 0.3 is 0 Å². The first kappa shape index (κ1) is 13.4. The van der Waals surface area contributed by atoms with Crippen LogP contribution in [0.15, 0.2) is 24.5 Å². The first-order valence-electron chi connectivity index (χ1n) is 6.43. The predicted molar refractivity (Wildman–Crippen MR) is 78.1 cm³/mol. The molecule has 5 nitrogen and oxygen atoms in total. The summed E-state index contributed by atoms with van der Waals surface area (Å²) in [6, 6.07) is 4.01. The van der Waals surface area contributed by atoms with E-state index in [1.165, 1.54) is 5.56 Å². The second kappa shape index (κ2) is 5.30. The Labute approximate surface area is 114 Å². The molecule has 0 saturated heterocycles. The fourth-order valence-corrected chi connectivity index (χ4v) is 2.27. The lowest BCUT2D eigenvalue weighted by Gasteiger charge is -2.20. The topological polar surface area (TPSA) is 60.0 Å². The van der Waals surface area contributed by atoms with Gasteiger partial charge in [0.15, 0.2) is 0 Å². The molecule has 0 spiro atoms. The van der Waals surface area contributed by atoms with Crippen molar-refractivity contribution >= 4 is 11.5 Å². The van der Waals surface area contributed by atoms with Crippen molar-refractivity contribution in [3.05, 3.63) is 35.8 Å². The number of anilines is 2. The predicted octanol–water partition coefficient (Wildman–Crippen LogP) is 2.16. The highest BCUT2D eigenvalue weighted by molar-refractivity contribution is 5.66. The molecule has 0 aliphatic rings. The molecule has 0 atom stereocenters. The molecule has 0 bridgehead atoms. The molecule has 19 heavy (non-hydrogen) atoms. The molecule has 2 rings (SSSR count). The number of rotatable bonds is 4. The molecular weight excluding hydrogens is 238 g/mol. The summed E-state index contributed by atoms with van der Waals surface area (Å²) in [6.45, 7) is 4.99. The number of nitrogens with zero attached hydrogens (tertiary/aromatic N) is 4. The molecule has 5 heteroatoms. The van der Waals surface area contributed by atoms with Gasteiger partial charge in [-0.05, 0) is 23.6 Å². The van der Waals surface area contributed by atoms with Gasteiger partial charge in [-0.2, -0.15) is 5.10 Å². The lowest BCUT2D eigenvalue weighted by Crippen LogP contribution is -2.20. The summed E-state index contributed by atoms with van der Waals surface area (Å²) < 4.78 is 1.85. The number of aryl methyl sites for hydroxylation is 1. The van der Waals surface area contributed by atoms with Crippen molar-refractivity contribution in [1.29, 1.82) is 0 Å². The number of nitrogens with two attached hydrogens (primary N) is 1. The minimum atomic E-state index is 0.328. The van der Waals surface area contributed by atoms with Crippen molar-refractivity contribution in [2.75, 3.05) is 17.7 Å². The van der Waals surface area contributed by atoms with E-state index < -0.39 is 0 Å².